The van der Waals surface area contributed by atoms with Crippen LogP contribution in [-0.4, -0.2) is 17.7 Å². The number of allylic oxidation sites excluding steroid dienone is 2. The minimum absolute atomic E-state index is 0.107. The van der Waals surface area contributed by atoms with Gasteiger partial charge in [0.05, 0.1) is 17.5 Å². The van der Waals surface area contributed by atoms with Crippen LogP contribution in [0.2, 0.25) is 0 Å². The fraction of sp³-hybridized carbons (Fsp3) is 0.292. The molecule has 2 bridgehead atoms. The maximum atomic E-state index is 12.9. The number of hydrogen-bond acceptors (Lipinski definition) is 3. The fourth-order valence-corrected chi connectivity index (χ4v) is 5.00. The van der Waals surface area contributed by atoms with Crippen LogP contribution < -0.4 is 10.2 Å². The molecule has 0 unspecified atom stereocenters. The Hall–Kier alpha value is -3.21. The quantitative estimate of drug-likeness (QED) is 0.643. The highest BCUT2D eigenvalue weighted by atomic mass is 16.2. The number of aryl methyl sites for hydroxylation is 1. The van der Waals surface area contributed by atoms with E-state index in [4.69, 9.17) is 0 Å². The molecule has 2 aliphatic carbocycles. The molecule has 0 spiro atoms. The summed E-state index contributed by atoms with van der Waals surface area (Å²) in [6.45, 7) is 3.97. The van der Waals surface area contributed by atoms with E-state index in [2.05, 4.69) is 17.5 Å². The molecule has 2 aromatic rings. The van der Waals surface area contributed by atoms with Crippen molar-refractivity contribution < 1.29 is 14.4 Å². The van der Waals surface area contributed by atoms with Gasteiger partial charge in [-0.1, -0.05) is 24.3 Å². The molecule has 3 amide bonds. The van der Waals surface area contributed by atoms with Crippen molar-refractivity contribution in [2.45, 2.75) is 20.3 Å². The van der Waals surface area contributed by atoms with Crippen molar-refractivity contribution in [2.24, 2.45) is 23.7 Å². The summed E-state index contributed by atoms with van der Waals surface area (Å²) in [6.07, 6.45) is 5.08. The summed E-state index contributed by atoms with van der Waals surface area (Å²) in [5, 5.41) is 2.93. The number of carbonyl (C=O) groups is 3. The number of imide groups is 1. The third-order valence-corrected chi connectivity index (χ3v) is 6.71. The molecule has 1 aliphatic heterocycles. The van der Waals surface area contributed by atoms with Gasteiger partial charge in [0.1, 0.15) is 0 Å². The third-order valence-electron chi connectivity index (χ3n) is 6.71. The van der Waals surface area contributed by atoms with Crippen molar-refractivity contribution in [2.75, 3.05) is 10.2 Å². The number of fused-ring (bicyclic) bond motifs is 5. The van der Waals surface area contributed by atoms with E-state index in [1.54, 1.807) is 24.3 Å². The second-order valence-electron chi connectivity index (χ2n) is 8.26. The van der Waals surface area contributed by atoms with Crippen LogP contribution in [0, 0.1) is 37.5 Å². The highest BCUT2D eigenvalue weighted by Crippen LogP contribution is 2.53. The lowest BCUT2D eigenvalue weighted by Crippen LogP contribution is -2.32. The molecule has 2 aromatic carbocycles. The number of amides is 3. The second kappa shape index (κ2) is 6.41. The van der Waals surface area contributed by atoms with Crippen LogP contribution in [0.5, 0.6) is 0 Å². The molecule has 5 nitrogen and oxygen atoms in total. The molecule has 1 N–H and O–H groups in total. The zero-order valence-corrected chi connectivity index (χ0v) is 16.4. The van der Waals surface area contributed by atoms with Crippen LogP contribution in [0.3, 0.4) is 0 Å². The lowest BCUT2D eigenvalue weighted by molar-refractivity contribution is -0.123. The van der Waals surface area contributed by atoms with Crippen LogP contribution in [-0.2, 0) is 9.59 Å². The summed E-state index contributed by atoms with van der Waals surface area (Å²) in [5.41, 5.74) is 3.94. The van der Waals surface area contributed by atoms with Gasteiger partial charge >= 0.3 is 0 Å². The highest BCUT2D eigenvalue weighted by molar-refractivity contribution is 6.23. The van der Waals surface area contributed by atoms with Gasteiger partial charge in [-0.05, 0) is 73.6 Å². The van der Waals surface area contributed by atoms with Crippen LogP contribution in [0.25, 0.3) is 0 Å². The van der Waals surface area contributed by atoms with E-state index in [9.17, 15) is 14.4 Å². The van der Waals surface area contributed by atoms with Crippen LogP contribution in [0.1, 0.15) is 27.9 Å². The summed E-state index contributed by atoms with van der Waals surface area (Å²) in [6, 6.07) is 12.5. The number of nitrogens with one attached hydrogen (secondary N) is 1. The summed E-state index contributed by atoms with van der Waals surface area (Å²) in [4.78, 5) is 39.8. The smallest absolute Gasteiger partial charge is 0.255 e. The SMILES string of the molecule is Cc1cccc(NC(=O)c2ccc(N3C(=O)[C@H]4[C@H](C3=O)[C@H]3C=C[C@H]4C3)cc2)c1C. The molecule has 1 heterocycles. The lowest BCUT2D eigenvalue weighted by Gasteiger charge is -2.17. The minimum Gasteiger partial charge on any atom is -0.322 e. The summed E-state index contributed by atoms with van der Waals surface area (Å²) in [7, 11) is 0. The first-order valence-electron chi connectivity index (χ1n) is 9.99. The number of carbonyl (C=O) groups excluding carboxylic acids is 3. The van der Waals surface area contributed by atoms with Crippen molar-refractivity contribution in [1.29, 1.82) is 0 Å². The van der Waals surface area contributed by atoms with Crippen molar-refractivity contribution in [1.82, 2.24) is 0 Å². The van der Waals surface area contributed by atoms with Gasteiger partial charge in [0.25, 0.3) is 5.91 Å². The Morgan fingerprint density at radius 1 is 0.931 bits per heavy atom. The van der Waals surface area contributed by atoms with E-state index in [1.807, 2.05) is 32.0 Å². The predicted octanol–water partition coefficient (Wildman–Crippen LogP) is 3.87. The third kappa shape index (κ3) is 2.64. The van der Waals surface area contributed by atoms with E-state index < -0.39 is 0 Å². The standard InChI is InChI=1S/C24H22N2O3/c1-13-4-3-5-19(14(13)2)25-22(27)15-8-10-18(11-9-15)26-23(28)20-16-6-7-17(12-16)21(20)24(26)29/h3-11,16-17,20-21H,12H2,1-2H3,(H,25,27)/t16-,17-,20+,21+/m0/s1. The first-order chi connectivity index (χ1) is 14.0. The Bertz CT molecular complexity index is 1040. The van der Waals surface area contributed by atoms with Crippen LogP contribution in [0.4, 0.5) is 11.4 Å². The van der Waals surface area contributed by atoms with Gasteiger partial charge in [-0.25, -0.2) is 0 Å². The molecule has 5 heteroatoms. The van der Waals surface area contributed by atoms with Crippen molar-refractivity contribution in [3.8, 4) is 0 Å². The van der Waals surface area contributed by atoms with Gasteiger partial charge in [0, 0.05) is 11.3 Å². The molecule has 29 heavy (non-hydrogen) atoms. The molecular formula is C24H22N2O3. The minimum atomic E-state index is -0.219. The van der Waals surface area contributed by atoms with E-state index in [1.165, 1.54) is 4.90 Å². The van der Waals surface area contributed by atoms with Gasteiger partial charge in [-0.15, -0.1) is 0 Å². The number of nitrogens with zero attached hydrogens (tertiary/aromatic N) is 1. The summed E-state index contributed by atoms with van der Waals surface area (Å²) < 4.78 is 0. The molecule has 0 radical (unpaired) electrons. The topological polar surface area (TPSA) is 66.5 Å². The first kappa shape index (κ1) is 17.9. The largest absolute Gasteiger partial charge is 0.322 e. The average Bonchev–Trinajstić information content (AvgIpc) is 3.39. The van der Waals surface area contributed by atoms with Crippen molar-refractivity contribution >= 4 is 29.1 Å². The molecule has 146 valence electrons. The monoisotopic (exact) mass is 386 g/mol. The highest BCUT2D eigenvalue weighted by Gasteiger charge is 2.59. The van der Waals surface area contributed by atoms with Gasteiger partial charge < -0.3 is 5.32 Å². The predicted molar refractivity (Wildman–Crippen MR) is 111 cm³/mol. The number of anilines is 2. The molecule has 3 aliphatic rings. The van der Waals surface area contributed by atoms with E-state index in [0.29, 0.717) is 11.3 Å². The molecule has 2 fully saturated rings. The number of benzene rings is 2. The molecule has 1 saturated heterocycles. The van der Waals surface area contributed by atoms with Gasteiger partial charge in [0.2, 0.25) is 11.8 Å². The van der Waals surface area contributed by atoms with E-state index in [-0.39, 0.29) is 41.4 Å². The second-order valence-corrected chi connectivity index (χ2v) is 8.26. The van der Waals surface area contributed by atoms with Crippen molar-refractivity contribution in [3.05, 3.63) is 71.3 Å². The van der Waals surface area contributed by atoms with Gasteiger partial charge in [-0.2, -0.15) is 0 Å². The summed E-state index contributed by atoms with van der Waals surface area (Å²) in [5.74, 6) is -0.491. The van der Waals surface area contributed by atoms with E-state index in [0.717, 1.165) is 23.2 Å². The molecule has 5 rings (SSSR count). The van der Waals surface area contributed by atoms with Gasteiger partial charge in [0.15, 0.2) is 0 Å². The Balaban J connectivity index is 1.36. The average molecular weight is 386 g/mol. The lowest BCUT2D eigenvalue weighted by atomic mass is 9.85. The summed E-state index contributed by atoms with van der Waals surface area (Å²) >= 11 is 0. The zero-order valence-electron chi connectivity index (χ0n) is 16.4. The van der Waals surface area contributed by atoms with Crippen LogP contribution in [0.15, 0.2) is 54.6 Å². The fourth-order valence-electron chi connectivity index (χ4n) is 5.00. The molecule has 4 atom stereocenters. The van der Waals surface area contributed by atoms with Gasteiger partial charge in [-0.3, -0.25) is 19.3 Å². The Labute approximate surface area is 169 Å². The maximum absolute atomic E-state index is 12.9. The Morgan fingerprint density at radius 3 is 2.17 bits per heavy atom. The molecule has 0 aromatic heterocycles. The Kier molecular flexibility index (Phi) is 3.95. The first-order valence-corrected chi connectivity index (χ1v) is 9.99. The maximum Gasteiger partial charge on any atom is 0.255 e. The number of hydrogen-bond donors (Lipinski definition) is 1. The zero-order chi connectivity index (χ0) is 20.3. The Morgan fingerprint density at radius 2 is 1.55 bits per heavy atom. The molecular weight excluding hydrogens is 364 g/mol. The van der Waals surface area contributed by atoms with Crippen molar-refractivity contribution in [3.63, 3.8) is 0 Å². The normalized spacial score (nSPS) is 26.9. The van der Waals surface area contributed by atoms with E-state index >= 15 is 0 Å². The molecule has 1 saturated carbocycles. The van der Waals surface area contributed by atoms with Crippen LogP contribution >= 0.6 is 0 Å². The number of rotatable bonds is 3.